The molecule has 2 aromatic rings. The molecule has 0 saturated heterocycles. The van der Waals surface area contributed by atoms with Crippen molar-refractivity contribution >= 4 is 34.2 Å². The van der Waals surface area contributed by atoms with Gasteiger partial charge in [-0.1, -0.05) is 0 Å². The summed E-state index contributed by atoms with van der Waals surface area (Å²) >= 11 is 2.11. The quantitative estimate of drug-likeness (QED) is 0.823. The molecule has 1 heterocycles. The van der Waals surface area contributed by atoms with E-state index in [2.05, 4.69) is 27.9 Å². The largest absolute Gasteiger partial charge is 0.478 e. The Bertz CT molecular complexity index is 577. The third-order valence-electron chi connectivity index (χ3n) is 2.56. The number of anilines is 1. The number of hydrogen-bond donors (Lipinski definition) is 2. The highest BCUT2D eigenvalue weighted by Crippen LogP contribution is 2.18. The van der Waals surface area contributed by atoms with Gasteiger partial charge < -0.3 is 14.8 Å². The molecule has 0 amide bonds. The maximum absolute atomic E-state index is 10.8. The van der Waals surface area contributed by atoms with Crippen LogP contribution in [0.5, 0.6) is 0 Å². The molecule has 0 unspecified atom stereocenters. The van der Waals surface area contributed by atoms with Crippen molar-refractivity contribution in [1.29, 1.82) is 0 Å². The standard InChI is InChI=1S/C13H12INO3/c1-8-6-9(13(16)17)2-4-11(8)15-7-10-3-5-12(14)18-10/h2-6,15H,7H2,1H3,(H,16,17). The molecule has 2 rings (SSSR count). The van der Waals surface area contributed by atoms with Crippen LogP contribution in [0.15, 0.2) is 34.7 Å². The third-order valence-corrected chi connectivity index (χ3v) is 3.14. The van der Waals surface area contributed by atoms with E-state index < -0.39 is 5.97 Å². The molecule has 0 bridgehead atoms. The summed E-state index contributed by atoms with van der Waals surface area (Å²) < 4.78 is 6.29. The number of carboxylic acid groups (broad SMARTS) is 1. The van der Waals surface area contributed by atoms with E-state index in [1.165, 1.54) is 0 Å². The number of benzene rings is 1. The Kier molecular flexibility index (Phi) is 3.90. The Morgan fingerprint density at radius 2 is 2.17 bits per heavy atom. The van der Waals surface area contributed by atoms with Gasteiger partial charge in [-0.05, 0) is 65.4 Å². The number of hydrogen-bond acceptors (Lipinski definition) is 3. The molecule has 0 atom stereocenters. The summed E-state index contributed by atoms with van der Waals surface area (Å²) in [7, 11) is 0. The highest BCUT2D eigenvalue weighted by molar-refractivity contribution is 14.1. The fraction of sp³-hybridized carbons (Fsp3) is 0.154. The zero-order chi connectivity index (χ0) is 13.1. The van der Waals surface area contributed by atoms with E-state index in [9.17, 15) is 4.79 Å². The first-order valence-corrected chi connectivity index (χ1v) is 6.46. The van der Waals surface area contributed by atoms with Crippen LogP contribution in [0, 0.1) is 10.7 Å². The van der Waals surface area contributed by atoms with E-state index in [4.69, 9.17) is 9.52 Å². The maximum Gasteiger partial charge on any atom is 0.335 e. The second-order valence-electron chi connectivity index (χ2n) is 3.89. The van der Waals surface area contributed by atoms with Gasteiger partial charge in [0.2, 0.25) is 0 Å². The molecule has 1 aromatic heterocycles. The summed E-state index contributed by atoms with van der Waals surface area (Å²) in [6, 6.07) is 8.82. The number of halogens is 1. The number of nitrogens with one attached hydrogen (secondary N) is 1. The van der Waals surface area contributed by atoms with E-state index in [1.807, 2.05) is 19.1 Å². The molecular formula is C13H12INO3. The summed E-state index contributed by atoms with van der Waals surface area (Å²) in [6.07, 6.45) is 0. The average Bonchev–Trinajstić information content (AvgIpc) is 2.73. The topological polar surface area (TPSA) is 62.5 Å². The van der Waals surface area contributed by atoms with Crippen LogP contribution in [-0.2, 0) is 6.54 Å². The van der Waals surface area contributed by atoms with Crippen molar-refractivity contribution in [1.82, 2.24) is 0 Å². The Morgan fingerprint density at radius 1 is 1.39 bits per heavy atom. The smallest absolute Gasteiger partial charge is 0.335 e. The van der Waals surface area contributed by atoms with Crippen molar-refractivity contribution in [3.05, 3.63) is 51.0 Å². The van der Waals surface area contributed by atoms with Gasteiger partial charge in [0.05, 0.1) is 12.1 Å². The number of aromatic carboxylic acids is 1. The van der Waals surface area contributed by atoms with E-state index in [1.54, 1.807) is 18.2 Å². The summed E-state index contributed by atoms with van der Waals surface area (Å²) in [4.78, 5) is 10.8. The van der Waals surface area contributed by atoms with Crippen LogP contribution in [0.3, 0.4) is 0 Å². The van der Waals surface area contributed by atoms with Gasteiger partial charge in [0.25, 0.3) is 0 Å². The molecule has 0 aliphatic rings. The lowest BCUT2D eigenvalue weighted by Gasteiger charge is -2.08. The van der Waals surface area contributed by atoms with Crippen molar-refractivity contribution in [2.75, 3.05) is 5.32 Å². The first-order valence-electron chi connectivity index (χ1n) is 5.38. The van der Waals surface area contributed by atoms with E-state index in [0.29, 0.717) is 12.1 Å². The Hall–Kier alpha value is -1.50. The fourth-order valence-corrected chi connectivity index (χ4v) is 2.09. The van der Waals surface area contributed by atoms with Crippen molar-refractivity contribution < 1.29 is 14.3 Å². The van der Waals surface area contributed by atoms with Gasteiger partial charge in [0, 0.05) is 5.69 Å². The molecule has 18 heavy (non-hydrogen) atoms. The molecule has 0 radical (unpaired) electrons. The van der Waals surface area contributed by atoms with E-state index >= 15 is 0 Å². The second kappa shape index (κ2) is 5.43. The zero-order valence-corrected chi connectivity index (χ0v) is 11.9. The number of carbonyl (C=O) groups is 1. The van der Waals surface area contributed by atoms with Crippen molar-refractivity contribution in [2.24, 2.45) is 0 Å². The highest BCUT2D eigenvalue weighted by Gasteiger charge is 2.06. The lowest BCUT2D eigenvalue weighted by molar-refractivity contribution is 0.0697. The van der Waals surface area contributed by atoms with Crippen LogP contribution in [0.1, 0.15) is 21.7 Å². The van der Waals surface area contributed by atoms with Crippen LogP contribution in [-0.4, -0.2) is 11.1 Å². The minimum atomic E-state index is -0.912. The molecular weight excluding hydrogens is 345 g/mol. The molecule has 0 spiro atoms. The Morgan fingerprint density at radius 3 is 2.72 bits per heavy atom. The first kappa shape index (κ1) is 12.9. The summed E-state index contributed by atoms with van der Waals surface area (Å²) in [6.45, 7) is 2.46. The van der Waals surface area contributed by atoms with Gasteiger partial charge in [-0.3, -0.25) is 0 Å². The molecule has 0 fully saturated rings. The molecule has 1 aromatic carbocycles. The Labute approximate surface area is 118 Å². The predicted octanol–water partition coefficient (Wildman–Crippen LogP) is 3.50. The summed E-state index contributed by atoms with van der Waals surface area (Å²) in [5, 5.41) is 12.1. The molecule has 94 valence electrons. The predicted molar refractivity (Wildman–Crippen MR) is 76.9 cm³/mol. The second-order valence-corrected chi connectivity index (χ2v) is 4.96. The Balaban J connectivity index is 2.08. The maximum atomic E-state index is 10.8. The third kappa shape index (κ3) is 3.04. The van der Waals surface area contributed by atoms with Crippen molar-refractivity contribution in [3.63, 3.8) is 0 Å². The van der Waals surface area contributed by atoms with Crippen LogP contribution in [0.25, 0.3) is 0 Å². The molecule has 0 aliphatic carbocycles. The summed E-state index contributed by atoms with van der Waals surface area (Å²) in [5.41, 5.74) is 2.10. The van der Waals surface area contributed by atoms with Crippen LogP contribution < -0.4 is 5.32 Å². The van der Waals surface area contributed by atoms with Gasteiger partial charge in [0.1, 0.15) is 5.76 Å². The number of furan rings is 1. The first-order chi connectivity index (χ1) is 8.56. The summed E-state index contributed by atoms with van der Waals surface area (Å²) in [5.74, 6) is -0.0636. The van der Waals surface area contributed by atoms with Crippen molar-refractivity contribution in [3.8, 4) is 0 Å². The van der Waals surface area contributed by atoms with Crippen LogP contribution in [0.4, 0.5) is 5.69 Å². The van der Waals surface area contributed by atoms with Gasteiger partial charge in [-0.2, -0.15) is 0 Å². The fourth-order valence-electron chi connectivity index (χ4n) is 1.62. The molecule has 0 saturated carbocycles. The van der Waals surface area contributed by atoms with Crippen molar-refractivity contribution in [2.45, 2.75) is 13.5 Å². The minimum Gasteiger partial charge on any atom is -0.478 e. The normalized spacial score (nSPS) is 10.3. The number of carboxylic acids is 1. The number of aryl methyl sites for hydroxylation is 1. The van der Waals surface area contributed by atoms with E-state index in [-0.39, 0.29) is 0 Å². The highest BCUT2D eigenvalue weighted by atomic mass is 127. The lowest BCUT2D eigenvalue weighted by atomic mass is 10.1. The minimum absolute atomic E-state index is 0.297. The van der Waals surface area contributed by atoms with Gasteiger partial charge >= 0.3 is 5.97 Å². The van der Waals surface area contributed by atoms with E-state index in [0.717, 1.165) is 20.8 Å². The molecule has 4 nitrogen and oxygen atoms in total. The zero-order valence-electron chi connectivity index (χ0n) is 9.74. The molecule has 5 heteroatoms. The number of rotatable bonds is 4. The molecule has 2 N–H and O–H groups in total. The van der Waals surface area contributed by atoms with Gasteiger partial charge in [-0.25, -0.2) is 4.79 Å². The molecule has 0 aliphatic heterocycles. The van der Waals surface area contributed by atoms with Gasteiger partial charge in [-0.15, -0.1) is 0 Å². The monoisotopic (exact) mass is 357 g/mol. The SMILES string of the molecule is Cc1cc(C(=O)O)ccc1NCc1ccc(I)o1. The van der Waals surface area contributed by atoms with Gasteiger partial charge in [0.15, 0.2) is 3.77 Å². The lowest BCUT2D eigenvalue weighted by Crippen LogP contribution is -2.02. The van der Waals surface area contributed by atoms with Crippen LogP contribution in [0.2, 0.25) is 0 Å². The van der Waals surface area contributed by atoms with Crippen LogP contribution >= 0.6 is 22.6 Å². The average molecular weight is 357 g/mol.